The van der Waals surface area contributed by atoms with Crippen LogP contribution in [-0.4, -0.2) is 30.1 Å². The number of carbonyl (C=O) groups excluding carboxylic acids is 1. The van der Waals surface area contributed by atoms with E-state index in [1.807, 2.05) is 24.3 Å². The van der Waals surface area contributed by atoms with E-state index in [0.29, 0.717) is 30.6 Å². The molecule has 1 aliphatic carbocycles. The monoisotopic (exact) mass is 287 g/mol. The van der Waals surface area contributed by atoms with Crippen LogP contribution in [0.2, 0.25) is 0 Å². The van der Waals surface area contributed by atoms with Gasteiger partial charge in [-0.25, -0.2) is 0 Å². The van der Waals surface area contributed by atoms with Gasteiger partial charge in [0.1, 0.15) is 5.69 Å². The zero-order chi connectivity index (χ0) is 14.7. The Morgan fingerprint density at radius 3 is 2.95 bits per heavy atom. The van der Waals surface area contributed by atoms with Crippen molar-refractivity contribution in [2.75, 3.05) is 18.9 Å². The molecule has 3 rings (SSSR count). The van der Waals surface area contributed by atoms with Crippen LogP contribution in [0.1, 0.15) is 36.2 Å². The number of H-pyrrole nitrogens is 1. The quantitative estimate of drug-likeness (QED) is 0.583. The average Bonchev–Trinajstić information content (AvgIpc) is 3.13. The molecule has 112 valence electrons. The molecule has 0 saturated heterocycles. The van der Waals surface area contributed by atoms with Crippen LogP contribution in [0.5, 0.6) is 0 Å². The summed E-state index contributed by atoms with van der Waals surface area (Å²) in [6, 6.07) is 7.44. The lowest BCUT2D eigenvalue weighted by molar-refractivity contribution is 0.0581. The number of para-hydroxylation sites is 1. The Morgan fingerprint density at radius 2 is 2.19 bits per heavy atom. The molecule has 1 aromatic heterocycles. The summed E-state index contributed by atoms with van der Waals surface area (Å²) in [7, 11) is 0. The van der Waals surface area contributed by atoms with Gasteiger partial charge in [0.2, 0.25) is 0 Å². The first-order valence-corrected chi connectivity index (χ1v) is 7.51. The number of carbonyl (C=O) groups is 1. The lowest BCUT2D eigenvalue weighted by Gasteiger charge is -2.11. The summed E-state index contributed by atoms with van der Waals surface area (Å²) >= 11 is 0. The molecule has 2 aromatic rings. The number of fused-ring (bicyclic) bond motifs is 1. The van der Waals surface area contributed by atoms with Crippen molar-refractivity contribution >= 4 is 22.5 Å². The molecule has 1 fully saturated rings. The predicted octanol–water partition coefficient (Wildman–Crippen LogP) is 2.44. The van der Waals surface area contributed by atoms with E-state index in [-0.39, 0.29) is 5.91 Å². The Morgan fingerprint density at radius 1 is 1.38 bits per heavy atom. The number of rotatable bonds is 5. The average molecular weight is 287 g/mol. The number of hydrogen-bond donors (Lipinski definition) is 3. The molecule has 1 aromatic carbocycles. The minimum Gasteiger partial charge on any atom is -0.397 e. The van der Waals surface area contributed by atoms with Crippen LogP contribution in [0.3, 0.4) is 0 Å². The molecule has 1 aliphatic rings. The zero-order valence-corrected chi connectivity index (χ0v) is 12.0. The number of ether oxygens (including phenoxy) is 1. The van der Waals surface area contributed by atoms with E-state index in [0.717, 1.165) is 23.7 Å². The molecule has 0 spiro atoms. The third kappa shape index (κ3) is 3.19. The topological polar surface area (TPSA) is 80.1 Å². The Bertz CT molecular complexity index is 629. The van der Waals surface area contributed by atoms with E-state index >= 15 is 0 Å². The SMILES string of the molecule is Nc1cccc2cc(C(=O)NCCOC3CCCC3)[nH]c12. The molecule has 0 atom stereocenters. The normalized spacial score (nSPS) is 15.6. The van der Waals surface area contributed by atoms with Crippen molar-refractivity contribution in [3.8, 4) is 0 Å². The molecule has 1 saturated carbocycles. The van der Waals surface area contributed by atoms with Gasteiger partial charge >= 0.3 is 0 Å². The molecule has 21 heavy (non-hydrogen) atoms. The summed E-state index contributed by atoms with van der Waals surface area (Å²) in [5.74, 6) is -0.124. The first kappa shape index (κ1) is 13.9. The highest BCUT2D eigenvalue weighted by Gasteiger charge is 2.15. The van der Waals surface area contributed by atoms with Crippen molar-refractivity contribution in [1.82, 2.24) is 10.3 Å². The molecule has 0 aliphatic heterocycles. The standard InChI is InChI=1S/C16H21N3O2/c17-13-7-3-4-11-10-14(19-15(11)13)16(20)18-8-9-21-12-5-1-2-6-12/h3-4,7,10,12,19H,1-2,5-6,8-9,17H2,(H,18,20). The van der Waals surface area contributed by atoms with Gasteiger partial charge in [-0.2, -0.15) is 0 Å². The van der Waals surface area contributed by atoms with Crippen LogP contribution < -0.4 is 11.1 Å². The predicted molar refractivity (Wildman–Crippen MR) is 83.3 cm³/mol. The minimum atomic E-state index is -0.124. The smallest absolute Gasteiger partial charge is 0.267 e. The molecule has 5 heteroatoms. The maximum atomic E-state index is 12.1. The summed E-state index contributed by atoms with van der Waals surface area (Å²) in [6.07, 6.45) is 5.20. The second kappa shape index (κ2) is 6.18. The van der Waals surface area contributed by atoms with Crippen molar-refractivity contribution in [1.29, 1.82) is 0 Å². The fourth-order valence-corrected chi connectivity index (χ4v) is 2.84. The Labute approximate surface area is 123 Å². The van der Waals surface area contributed by atoms with Crippen LogP contribution in [0.4, 0.5) is 5.69 Å². The van der Waals surface area contributed by atoms with Gasteiger partial charge < -0.3 is 20.8 Å². The summed E-state index contributed by atoms with van der Waals surface area (Å²) in [6.45, 7) is 1.10. The van der Waals surface area contributed by atoms with E-state index in [1.165, 1.54) is 12.8 Å². The lowest BCUT2D eigenvalue weighted by atomic mass is 10.2. The number of nitrogens with one attached hydrogen (secondary N) is 2. The van der Waals surface area contributed by atoms with Gasteiger partial charge in [-0.1, -0.05) is 25.0 Å². The van der Waals surface area contributed by atoms with Crippen molar-refractivity contribution in [3.05, 3.63) is 30.0 Å². The van der Waals surface area contributed by atoms with Gasteiger partial charge in [-0.15, -0.1) is 0 Å². The number of amides is 1. The van der Waals surface area contributed by atoms with Gasteiger partial charge in [0.05, 0.1) is 23.9 Å². The molecule has 0 unspecified atom stereocenters. The number of benzene rings is 1. The van der Waals surface area contributed by atoms with Gasteiger partial charge in [0.15, 0.2) is 0 Å². The largest absolute Gasteiger partial charge is 0.397 e. The van der Waals surface area contributed by atoms with Crippen LogP contribution in [-0.2, 0) is 4.74 Å². The van der Waals surface area contributed by atoms with E-state index in [1.54, 1.807) is 0 Å². The number of hydrogen-bond acceptors (Lipinski definition) is 3. The highest BCUT2D eigenvalue weighted by atomic mass is 16.5. The highest BCUT2D eigenvalue weighted by molar-refractivity contribution is 6.00. The van der Waals surface area contributed by atoms with Gasteiger partial charge in [0.25, 0.3) is 5.91 Å². The Hall–Kier alpha value is -2.01. The first-order valence-electron chi connectivity index (χ1n) is 7.51. The minimum absolute atomic E-state index is 0.124. The van der Waals surface area contributed by atoms with Crippen LogP contribution in [0.25, 0.3) is 10.9 Å². The number of nitrogen functional groups attached to an aromatic ring is 1. The van der Waals surface area contributed by atoms with Crippen molar-refractivity contribution in [2.24, 2.45) is 0 Å². The first-order chi connectivity index (χ1) is 10.2. The molecule has 4 N–H and O–H groups in total. The van der Waals surface area contributed by atoms with Crippen LogP contribution >= 0.6 is 0 Å². The molecule has 0 bridgehead atoms. The van der Waals surface area contributed by atoms with Crippen molar-refractivity contribution < 1.29 is 9.53 Å². The van der Waals surface area contributed by atoms with E-state index in [9.17, 15) is 4.79 Å². The van der Waals surface area contributed by atoms with Crippen molar-refractivity contribution in [2.45, 2.75) is 31.8 Å². The molecule has 5 nitrogen and oxygen atoms in total. The Balaban J connectivity index is 1.53. The number of aromatic amines is 1. The van der Waals surface area contributed by atoms with E-state index in [2.05, 4.69) is 10.3 Å². The fourth-order valence-electron chi connectivity index (χ4n) is 2.84. The van der Waals surface area contributed by atoms with E-state index in [4.69, 9.17) is 10.5 Å². The number of nitrogens with two attached hydrogens (primary N) is 1. The second-order valence-corrected chi connectivity index (χ2v) is 5.53. The summed E-state index contributed by atoms with van der Waals surface area (Å²) in [4.78, 5) is 15.2. The molecular weight excluding hydrogens is 266 g/mol. The summed E-state index contributed by atoms with van der Waals surface area (Å²) < 4.78 is 5.72. The van der Waals surface area contributed by atoms with Gasteiger partial charge in [0, 0.05) is 11.9 Å². The van der Waals surface area contributed by atoms with Crippen molar-refractivity contribution in [3.63, 3.8) is 0 Å². The number of anilines is 1. The third-order valence-corrected chi connectivity index (χ3v) is 3.98. The second-order valence-electron chi connectivity index (χ2n) is 5.53. The van der Waals surface area contributed by atoms with Crippen LogP contribution in [0, 0.1) is 0 Å². The molecule has 1 amide bonds. The zero-order valence-electron chi connectivity index (χ0n) is 12.0. The highest BCUT2D eigenvalue weighted by Crippen LogP contribution is 2.21. The molecule has 0 radical (unpaired) electrons. The molecule has 1 heterocycles. The number of aromatic nitrogens is 1. The van der Waals surface area contributed by atoms with Crippen LogP contribution in [0.15, 0.2) is 24.3 Å². The van der Waals surface area contributed by atoms with Gasteiger partial charge in [-0.05, 0) is 25.0 Å². The fraction of sp³-hybridized carbons (Fsp3) is 0.438. The maximum Gasteiger partial charge on any atom is 0.267 e. The third-order valence-electron chi connectivity index (χ3n) is 3.98. The Kier molecular flexibility index (Phi) is 4.10. The maximum absolute atomic E-state index is 12.1. The van der Waals surface area contributed by atoms with Gasteiger partial charge in [-0.3, -0.25) is 4.79 Å². The summed E-state index contributed by atoms with van der Waals surface area (Å²) in [5, 5.41) is 3.81. The van der Waals surface area contributed by atoms with E-state index < -0.39 is 0 Å². The lowest BCUT2D eigenvalue weighted by Crippen LogP contribution is -2.28. The summed E-state index contributed by atoms with van der Waals surface area (Å²) in [5.41, 5.74) is 7.87. The molecular formula is C16H21N3O2.